The van der Waals surface area contributed by atoms with Crippen LogP contribution in [0.15, 0.2) is 28.7 Å². The van der Waals surface area contributed by atoms with Gasteiger partial charge in [0, 0.05) is 11.0 Å². The lowest BCUT2D eigenvalue weighted by atomic mass is 10.0. The molecule has 0 saturated carbocycles. The molecular weight excluding hydrogens is 282 g/mol. The van der Waals surface area contributed by atoms with Crippen LogP contribution in [0.2, 0.25) is 0 Å². The van der Waals surface area contributed by atoms with Crippen molar-refractivity contribution in [2.24, 2.45) is 0 Å². The van der Waals surface area contributed by atoms with E-state index < -0.39 is 5.54 Å². The van der Waals surface area contributed by atoms with Crippen molar-refractivity contribution >= 4 is 21.9 Å². The van der Waals surface area contributed by atoms with E-state index in [1.165, 1.54) is 7.11 Å². The van der Waals surface area contributed by atoms with Crippen molar-refractivity contribution in [2.75, 3.05) is 14.2 Å². The molecule has 17 heavy (non-hydrogen) atoms. The van der Waals surface area contributed by atoms with Crippen LogP contribution in [0.4, 0.5) is 0 Å². The van der Waals surface area contributed by atoms with Gasteiger partial charge in [0.25, 0.3) is 0 Å². The highest BCUT2D eigenvalue weighted by Crippen LogP contribution is 2.22. The summed E-state index contributed by atoms with van der Waals surface area (Å²) in [5.74, 6) is -0.230. The smallest absolute Gasteiger partial charge is 0.325 e. The summed E-state index contributed by atoms with van der Waals surface area (Å²) in [7, 11) is 3.33. The molecule has 0 spiro atoms. The standard InChI is InChI=1S/C13H18BrNO2/c1-13(2,12(16)17-4)15(3)9-10-7-5-6-8-11(10)14/h5-8H,9H2,1-4H3. The molecule has 3 nitrogen and oxygen atoms in total. The van der Waals surface area contributed by atoms with Gasteiger partial charge in [-0.15, -0.1) is 0 Å². The molecule has 0 aliphatic carbocycles. The number of esters is 1. The van der Waals surface area contributed by atoms with E-state index in [0.29, 0.717) is 6.54 Å². The molecule has 0 fully saturated rings. The van der Waals surface area contributed by atoms with Crippen LogP contribution in [-0.4, -0.2) is 30.6 Å². The minimum Gasteiger partial charge on any atom is -0.468 e. The number of hydrogen-bond donors (Lipinski definition) is 0. The maximum Gasteiger partial charge on any atom is 0.325 e. The van der Waals surface area contributed by atoms with E-state index in [0.717, 1.165) is 10.0 Å². The molecule has 0 unspecified atom stereocenters. The van der Waals surface area contributed by atoms with Gasteiger partial charge >= 0.3 is 5.97 Å². The van der Waals surface area contributed by atoms with E-state index >= 15 is 0 Å². The van der Waals surface area contributed by atoms with Crippen LogP contribution in [0.1, 0.15) is 19.4 Å². The Labute approximate surface area is 111 Å². The molecule has 0 aliphatic rings. The second-order valence-electron chi connectivity index (χ2n) is 4.50. The fourth-order valence-corrected chi connectivity index (χ4v) is 1.90. The van der Waals surface area contributed by atoms with Crippen LogP contribution >= 0.6 is 15.9 Å². The first-order valence-corrected chi connectivity index (χ1v) is 6.22. The van der Waals surface area contributed by atoms with Gasteiger partial charge in [-0.3, -0.25) is 9.69 Å². The van der Waals surface area contributed by atoms with Crippen molar-refractivity contribution < 1.29 is 9.53 Å². The van der Waals surface area contributed by atoms with Gasteiger partial charge in [-0.2, -0.15) is 0 Å². The lowest BCUT2D eigenvalue weighted by Gasteiger charge is -2.33. The maximum atomic E-state index is 11.7. The van der Waals surface area contributed by atoms with Crippen molar-refractivity contribution in [1.29, 1.82) is 0 Å². The molecule has 0 bridgehead atoms. The molecular formula is C13H18BrNO2. The number of carbonyl (C=O) groups excluding carboxylic acids is 1. The number of methoxy groups -OCH3 is 1. The van der Waals surface area contributed by atoms with Gasteiger partial charge in [-0.05, 0) is 32.5 Å². The first kappa shape index (κ1) is 14.2. The van der Waals surface area contributed by atoms with Crippen LogP contribution in [0.25, 0.3) is 0 Å². The molecule has 0 heterocycles. The number of hydrogen-bond acceptors (Lipinski definition) is 3. The predicted octanol–water partition coefficient (Wildman–Crippen LogP) is 2.83. The number of rotatable bonds is 4. The molecule has 0 saturated heterocycles. The Hall–Kier alpha value is -0.870. The van der Waals surface area contributed by atoms with Gasteiger partial charge in [0.05, 0.1) is 7.11 Å². The fraction of sp³-hybridized carbons (Fsp3) is 0.462. The van der Waals surface area contributed by atoms with Crippen molar-refractivity contribution in [3.63, 3.8) is 0 Å². The Morgan fingerprint density at radius 3 is 2.53 bits per heavy atom. The topological polar surface area (TPSA) is 29.5 Å². The molecule has 0 aliphatic heterocycles. The first-order valence-electron chi connectivity index (χ1n) is 5.42. The highest BCUT2D eigenvalue weighted by molar-refractivity contribution is 9.10. The third-order valence-electron chi connectivity index (χ3n) is 3.00. The van der Waals surface area contributed by atoms with Crippen LogP contribution in [0.3, 0.4) is 0 Å². The van der Waals surface area contributed by atoms with Crippen molar-refractivity contribution in [1.82, 2.24) is 4.90 Å². The number of likely N-dealkylation sites (N-methyl/N-ethyl adjacent to an activating group) is 1. The van der Waals surface area contributed by atoms with Gasteiger partial charge in [0.2, 0.25) is 0 Å². The highest BCUT2D eigenvalue weighted by atomic mass is 79.9. The van der Waals surface area contributed by atoms with Gasteiger partial charge in [0.1, 0.15) is 5.54 Å². The van der Waals surface area contributed by atoms with E-state index in [9.17, 15) is 4.79 Å². The summed E-state index contributed by atoms with van der Waals surface area (Å²) < 4.78 is 5.86. The van der Waals surface area contributed by atoms with Crippen LogP contribution < -0.4 is 0 Å². The summed E-state index contributed by atoms with van der Waals surface area (Å²) in [6.07, 6.45) is 0. The summed E-state index contributed by atoms with van der Waals surface area (Å²) in [5, 5.41) is 0. The Morgan fingerprint density at radius 1 is 1.41 bits per heavy atom. The third-order valence-corrected chi connectivity index (χ3v) is 3.78. The molecule has 0 radical (unpaired) electrons. The lowest BCUT2D eigenvalue weighted by molar-refractivity contribution is -0.152. The van der Waals surface area contributed by atoms with Crippen molar-refractivity contribution in [3.8, 4) is 0 Å². The summed E-state index contributed by atoms with van der Waals surface area (Å²) in [6, 6.07) is 7.99. The van der Waals surface area contributed by atoms with E-state index in [-0.39, 0.29) is 5.97 Å². The maximum absolute atomic E-state index is 11.7. The second-order valence-corrected chi connectivity index (χ2v) is 5.35. The monoisotopic (exact) mass is 299 g/mol. The Balaban J connectivity index is 2.82. The zero-order valence-electron chi connectivity index (χ0n) is 10.7. The van der Waals surface area contributed by atoms with Gasteiger partial charge in [0.15, 0.2) is 0 Å². The van der Waals surface area contributed by atoms with Gasteiger partial charge in [-0.1, -0.05) is 34.1 Å². The zero-order valence-corrected chi connectivity index (χ0v) is 12.2. The van der Waals surface area contributed by atoms with Crippen LogP contribution in [0.5, 0.6) is 0 Å². The minimum absolute atomic E-state index is 0.230. The SMILES string of the molecule is COC(=O)C(C)(C)N(C)Cc1ccccc1Br. The lowest BCUT2D eigenvalue weighted by Crippen LogP contribution is -2.48. The fourth-order valence-electron chi connectivity index (χ4n) is 1.49. The Morgan fingerprint density at radius 2 is 2.00 bits per heavy atom. The predicted molar refractivity (Wildman–Crippen MR) is 71.7 cm³/mol. The van der Waals surface area contributed by atoms with E-state index in [4.69, 9.17) is 4.74 Å². The molecule has 1 aromatic carbocycles. The minimum atomic E-state index is -0.635. The first-order chi connectivity index (χ1) is 7.89. The number of carbonyl (C=O) groups is 1. The average Bonchev–Trinajstić information content (AvgIpc) is 2.30. The number of ether oxygens (including phenoxy) is 1. The van der Waals surface area contributed by atoms with Gasteiger partial charge < -0.3 is 4.74 Å². The number of nitrogens with zero attached hydrogens (tertiary/aromatic N) is 1. The largest absolute Gasteiger partial charge is 0.468 e. The summed E-state index contributed by atoms with van der Waals surface area (Å²) >= 11 is 3.50. The van der Waals surface area contributed by atoms with Crippen LogP contribution in [0, 0.1) is 0 Å². The zero-order chi connectivity index (χ0) is 13.1. The number of halogens is 1. The molecule has 94 valence electrons. The molecule has 0 aromatic heterocycles. The molecule has 1 rings (SSSR count). The highest BCUT2D eigenvalue weighted by Gasteiger charge is 2.33. The second kappa shape index (κ2) is 5.65. The summed E-state index contributed by atoms with van der Waals surface area (Å²) in [6.45, 7) is 4.40. The van der Waals surface area contributed by atoms with Crippen molar-refractivity contribution in [2.45, 2.75) is 25.9 Å². The molecule has 0 N–H and O–H groups in total. The number of benzene rings is 1. The third kappa shape index (κ3) is 3.30. The normalized spacial score (nSPS) is 11.6. The van der Waals surface area contributed by atoms with E-state index in [1.54, 1.807) is 0 Å². The average molecular weight is 300 g/mol. The molecule has 0 atom stereocenters. The van der Waals surface area contributed by atoms with E-state index in [1.807, 2.05) is 50.1 Å². The summed E-state index contributed by atoms with van der Waals surface area (Å²) in [4.78, 5) is 13.6. The summed E-state index contributed by atoms with van der Waals surface area (Å²) in [5.41, 5.74) is 0.510. The Kier molecular flexibility index (Phi) is 4.71. The molecule has 1 aromatic rings. The molecule has 0 amide bonds. The Bertz CT molecular complexity index is 404. The van der Waals surface area contributed by atoms with Crippen molar-refractivity contribution in [3.05, 3.63) is 34.3 Å². The van der Waals surface area contributed by atoms with Crippen LogP contribution in [-0.2, 0) is 16.1 Å². The quantitative estimate of drug-likeness (QED) is 0.801. The van der Waals surface area contributed by atoms with E-state index in [2.05, 4.69) is 15.9 Å². The van der Waals surface area contributed by atoms with Gasteiger partial charge in [-0.25, -0.2) is 0 Å². The molecule has 4 heteroatoms.